The van der Waals surface area contributed by atoms with Crippen molar-refractivity contribution in [3.05, 3.63) is 53.9 Å². The third-order valence-electron chi connectivity index (χ3n) is 2.62. The average molecular weight is 286 g/mol. The van der Waals surface area contributed by atoms with Crippen LogP contribution in [0.5, 0.6) is 5.75 Å². The summed E-state index contributed by atoms with van der Waals surface area (Å²) >= 11 is 0. The van der Waals surface area contributed by atoms with Crippen LogP contribution in [0.4, 0.5) is 5.69 Å². The van der Waals surface area contributed by atoms with E-state index in [0.29, 0.717) is 0 Å². The van der Waals surface area contributed by atoms with Gasteiger partial charge in [0.25, 0.3) is 5.91 Å². The Hall–Kier alpha value is -2.89. The lowest BCUT2D eigenvalue weighted by molar-refractivity contribution is 0.0519. The Morgan fingerprint density at radius 2 is 1.86 bits per heavy atom. The molecule has 2 N–H and O–H groups in total. The number of nitrogens with one attached hydrogen (secondary N) is 1. The number of para-hydroxylation sites is 2. The predicted molar refractivity (Wildman–Crippen MR) is 76.3 cm³/mol. The van der Waals surface area contributed by atoms with Crippen LogP contribution in [0.25, 0.3) is 0 Å². The zero-order valence-corrected chi connectivity index (χ0v) is 11.4. The molecule has 1 aromatic carbocycles. The van der Waals surface area contributed by atoms with Crippen LogP contribution in [-0.4, -0.2) is 28.6 Å². The second-order valence-electron chi connectivity index (χ2n) is 4.10. The number of nitrogens with zero attached hydrogens (tertiary/aromatic N) is 1. The lowest BCUT2D eigenvalue weighted by Gasteiger charge is -2.07. The number of aromatic hydroxyl groups is 1. The summed E-state index contributed by atoms with van der Waals surface area (Å²) in [6.45, 7) is 1.92. The molecule has 108 valence electrons. The molecule has 0 bridgehead atoms. The fourth-order valence-electron chi connectivity index (χ4n) is 1.65. The Morgan fingerprint density at radius 3 is 2.57 bits per heavy atom. The predicted octanol–water partition coefficient (Wildman–Crippen LogP) is 2.22. The van der Waals surface area contributed by atoms with E-state index in [1.165, 1.54) is 18.2 Å². The van der Waals surface area contributed by atoms with Gasteiger partial charge in [-0.25, -0.2) is 9.78 Å². The van der Waals surface area contributed by atoms with Gasteiger partial charge in [-0.2, -0.15) is 0 Å². The van der Waals surface area contributed by atoms with Crippen molar-refractivity contribution in [2.45, 2.75) is 6.92 Å². The lowest BCUT2D eigenvalue weighted by atomic mass is 10.2. The number of benzene rings is 1. The third kappa shape index (κ3) is 3.56. The second-order valence-corrected chi connectivity index (χ2v) is 4.10. The van der Waals surface area contributed by atoms with Gasteiger partial charge in [0, 0.05) is 0 Å². The molecule has 6 nitrogen and oxygen atoms in total. The Balaban J connectivity index is 2.18. The van der Waals surface area contributed by atoms with E-state index in [9.17, 15) is 14.7 Å². The molecule has 0 fully saturated rings. The van der Waals surface area contributed by atoms with Crippen molar-refractivity contribution < 1.29 is 19.4 Å². The summed E-state index contributed by atoms with van der Waals surface area (Å²) in [5.41, 5.74) is 0.386. The third-order valence-corrected chi connectivity index (χ3v) is 2.62. The summed E-state index contributed by atoms with van der Waals surface area (Å²) < 4.78 is 4.83. The zero-order chi connectivity index (χ0) is 15.2. The molecule has 1 aromatic heterocycles. The number of esters is 1. The smallest absolute Gasteiger partial charge is 0.356 e. The van der Waals surface area contributed by atoms with E-state index < -0.39 is 11.9 Å². The molecule has 2 aromatic rings. The van der Waals surface area contributed by atoms with Crippen LogP contribution in [0.1, 0.15) is 27.9 Å². The zero-order valence-electron chi connectivity index (χ0n) is 11.4. The number of carbonyl (C=O) groups is 2. The first kappa shape index (κ1) is 14.5. The first-order valence-electron chi connectivity index (χ1n) is 6.35. The molecule has 0 aliphatic carbocycles. The second kappa shape index (κ2) is 6.51. The molecule has 6 heteroatoms. The summed E-state index contributed by atoms with van der Waals surface area (Å²) in [4.78, 5) is 27.6. The van der Waals surface area contributed by atoms with Crippen molar-refractivity contribution in [2.75, 3.05) is 11.9 Å². The highest BCUT2D eigenvalue weighted by molar-refractivity contribution is 6.04. The fourth-order valence-corrected chi connectivity index (χ4v) is 1.65. The Morgan fingerprint density at radius 1 is 1.14 bits per heavy atom. The molecule has 0 atom stereocenters. The van der Waals surface area contributed by atoms with E-state index in [1.807, 2.05) is 0 Å². The molecule has 2 rings (SSSR count). The molecule has 0 spiro atoms. The van der Waals surface area contributed by atoms with E-state index in [0.717, 1.165) is 0 Å². The molecular formula is C15H14N2O4. The molecule has 0 aliphatic heterocycles. The summed E-state index contributed by atoms with van der Waals surface area (Å²) in [5.74, 6) is -1.16. The van der Waals surface area contributed by atoms with Gasteiger partial charge >= 0.3 is 5.97 Å². The van der Waals surface area contributed by atoms with Crippen molar-refractivity contribution in [1.29, 1.82) is 0 Å². The number of hydrogen-bond donors (Lipinski definition) is 2. The first-order valence-corrected chi connectivity index (χ1v) is 6.35. The van der Waals surface area contributed by atoms with Crippen LogP contribution in [0.3, 0.4) is 0 Å². The quantitative estimate of drug-likeness (QED) is 0.664. The van der Waals surface area contributed by atoms with Gasteiger partial charge in [0.2, 0.25) is 0 Å². The maximum Gasteiger partial charge on any atom is 0.356 e. The molecule has 0 aliphatic rings. The topological polar surface area (TPSA) is 88.5 Å². The van der Waals surface area contributed by atoms with Gasteiger partial charge in [0.15, 0.2) is 0 Å². The summed E-state index contributed by atoms with van der Waals surface area (Å²) in [6, 6.07) is 10.8. The highest BCUT2D eigenvalue weighted by Gasteiger charge is 2.14. The number of phenols is 1. The van der Waals surface area contributed by atoms with Crippen molar-refractivity contribution in [3.8, 4) is 5.75 Å². The molecule has 0 unspecified atom stereocenters. The fraction of sp³-hybridized carbons (Fsp3) is 0.133. The van der Waals surface area contributed by atoms with Gasteiger partial charge in [-0.05, 0) is 31.2 Å². The van der Waals surface area contributed by atoms with Crippen LogP contribution < -0.4 is 5.32 Å². The maximum atomic E-state index is 12.1. The highest BCUT2D eigenvalue weighted by Crippen LogP contribution is 2.21. The van der Waals surface area contributed by atoms with E-state index in [1.54, 1.807) is 31.2 Å². The molecule has 1 heterocycles. The number of anilines is 1. The maximum absolute atomic E-state index is 12.1. The van der Waals surface area contributed by atoms with Gasteiger partial charge in [0.1, 0.15) is 17.1 Å². The Kier molecular flexibility index (Phi) is 4.50. The largest absolute Gasteiger partial charge is 0.506 e. The van der Waals surface area contributed by atoms with E-state index >= 15 is 0 Å². The summed E-state index contributed by atoms with van der Waals surface area (Å²) in [6.07, 6.45) is 0. The molecular weight excluding hydrogens is 272 g/mol. The van der Waals surface area contributed by atoms with Gasteiger partial charge in [-0.1, -0.05) is 18.2 Å². The highest BCUT2D eigenvalue weighted by atomic mass is 16.5. The number of carbonyl (C=O) groups excluding carboxylic acids is 2. The van der Waals surface area contributed by atoms with Crippen LogP contribution in [0.15, 0.2) is 42.5 Å². The molecule has 0 radical (unpaired) electrons. The monoisotopic (exact) mass is 286 g/mol. The van der Waals surface area contributed by atoms with E-state index in [4.69, 9.17) is 4.74 Å². The summed E-state index contributed by atoms with van der Waals surface area (Å²) in [5, 5.41) is 12.1. The number of ether oxygens (including phenoxy) is 1. The van der Waals surface area contributed by atoms with Gasteiger partial charge in [0.05, 0.1) is 12.3 Å². The van der Waals surface area contributed by atoms with Gasteiger partial charge in [-0.15, -0.1) is 0 Å². The molecule has 0 saturated carbocycles. The standard InChI is InChI=1S/C15H14N2O4/c1-2-21-15(20)12-8-5-7-11(16-12)14(19)17-10-6-3-4-9-13(10)18/h3-9,18H,2H2,1H3,(H,17,19). The van der Waals surface area contributed by atoms with Crippen molar-refractivity contribution in [2.24, 2.45) is 0 Å². The minimum Gasteiger partial charge on any atom is -0.506 e. The Bertz CT molecular complexity index is 670. The number of pyridine rings is 1. The van der Waals surface area contributed by atoms with Gasteiger partial charge in [-0.3, -0.25) is 4.79 Å². The minimum atomic E-state index is -0.588. The normalized spacial score (nSPS) is 9.95. The van der Waals surface area contributed by atoms with Crippen LogP contribution in [0.2, 0.25) is 0 Å². The minimum absolute atomic E-state index is 0.0487. The van der Waals surface area contributed by atoms with E-state index in [2.05, 4.69) is 10.3 Å². The van der Waals surface area contributed by atoms with Crippen molar-refractivity contribution in [3.63, 3.8) is 0 Å². The molecule has 21 heavy (non-hydrogen) atoms. The molecule has 1 amide bonds. The van der Waals surface area contributed by atoms with Crippen LogP contribution in [-0.2, 0) is 4.74 Å². The van der Waals surface area contributed by atoms with Crippen LogP contribution >= 0.6 is 0 Å². The average Bonchev–Trinajstić information content (AvgIpc) is 2.50. The first-order chi connectivity index (χ1) is 10.1. The van der Waals surface area contributed by atoms with Crippen molar-refractivity contribution >= 4 is 17.6 Å². The Labute approximate surface area is 121 Å². The number of phenolic OH excluding ortho intramolecular Hbond substituents is 1. The number of rotatable bonds is 4. The SMILES string of the molecule is CCOC(=O)c1cccc(C(=O)Nc2ccccc2O)n1. The number of hydrogen-bond acceptors (Lipinski definition) is 5. The number of amides is 1. The summed E-state index contributed by atoms with van der Waals surface area (Å²) in [7, 11) is 0. The number of aromatic nitrogens is 1. The molecule has 0 saturated heterocycles. The van der Waals surface area contributed by atoms with E-state index in [-0.39, 0.29) is 29.4 Å². The van der Waals surface area contributed by atoms with Gasteiger partial charge < -0.3 is 15.2 Å². The lowest BCUT2D eigenvalue weighted by Crippen LogP contribution is -2.16. The van der Waals surface area contributed by atoms with Crippen LogP contribution in [0, 0.1) is 0 Å². The van der Waals surface area contributed by atoms with Crippen molar-refractivity contribution in [1.82, 2.24) is 4.98 Å².